The van der Waals surface area contributed by atoms with Gasteiger partial charge in [0.2, 0.25) is 0 Å². The lowest BCUT2D eigenvalue weighted by Crippen LogP contribution is -2.34. The number of ether oxygens (including phenoxy) is 1. The molecule has 0 saturated heterocycles. The van der Waals surface area contributed by atoms with E-state index >= 15 is 0 Å². The molecule has 1 saturated carbocycles. The molecule has 3 N–H and O–H groups in total. The van der Waals surface area contributed by atoms with Crippen LogP contribution in [0.5, 0.6) is 5.75 Å². The van der Waals surface area contributed by atoms with E-state index in [9.17, 15) is 36.3 Å². The van der Waals surface area contributed by atoms with Crippen molar-refractivity contribution in [2.75, 3.05) is 13.1 Å². The second-order valence-electron chi connectivity index (χ2n) is 8.28. The van der Waals surface area contributed by atoms with Crippen molar-refractivity contribution in [3.63, 3.8) is 0 Å². The highest BCUT2D eigenvalue weighted by atomic mass is 19.4. The number of aliphatic carboxylic acids is 1. The Morgan fingerprint density at radius 2 is 1.39 bits per heavy atom. The third-order valence-corrected chi connectivity index (χ3v) is 5.74. The number of carbonyl (C=O) groups excluding carboxylic acids is 2. The number of nitrogens with one attached hydrogen (secondary N) is 2. The topological polar surface area (TPSA) is 105 Å². The Balaban J connectivity index is 1.45. The molecule has 194 valence electrons. The summed E-state index contributed by atoms with van der Waals surface area (Å²) < 4.78 is 71.5. The van der Waals surface area contributed by atoms with Crippen LogP contribution in [0.1, 0.15) is 52.0 Å². The van der Waals surface area contributed by atoms with Crippen molar-refractivity contribution in [2.24, 2.45) is 5.92 Å². The van der Waals surface area contributed by atoms with Gasteiger partial charge in [-0.2, -0.15) is 13.2 Å². The van der Waals surface area contributed by atoms with E-state index in [0.29, 0.717) is 37.8 Å². The van der Waals surface area contributed by atoms with Gasteiger partial charge in [-0.1, -0.05) is 0 Å². The number of hydrogen-bond acceptors (Lipinski definition) is 4. The zero-order chi connectivity index (χ0) is 26.5. The van der Waals surface area contributed by atoms with Crippen LogP contribution in [0.3, 0.4) is 0 Å². The molecule has 2 amide bonds. The first-order valence-electron chi connectivity index (χ1n) is 11.1. The van der Waals surface area contributed by atoms with E-state index in [1.165, 1.54) is 12.1 Å². The van der Waals surface area contributed by atoms with E-state index in [1.807, 2.05) is 0 Å². The fourth-order valence-electron chi connectivity index (χ4n) is 3.79. The summed E-state index contributed by atoms with van der Waals surface area (Å²) in [6, 6.07) is 5.41. The number of rotatable bonds is 8. The van der Waals surface area contributed by atoms with Crippen molar-refractivity contribution in [3.05, 3.63) is 64.7 Å². The molecule has 0 bridgehead atoms. The van der Waals surface area contributed by atoms with E-state index in [2.05, 4.69) is 10.6 Å². The Labute approximate surface area is 202 Å². The van der Waals surface area contributed by atoms with Gasteiger partial charge in [0.25, 0.3) is 11.8 Å². The number of benzene rings is 2. The monoisotopic (exact) mass is 514 g/mol. The standard InChI is InChI=1S/C24H23F5N2O5/c25-18-11-14(3-7-17(18)24(27,28)29)21(32)30-9-10-31-22(33)15-4-8-20(19(26)12-15)36-16-5-1-13(2-6-16)23(34)35/h3-4,7-8,11-13,16H,1-2,5-6,9-10H2,(H,30,32)(H,31,33)(H,34,35). The first-order chi connectivity index (χ1) is 17.0. The number of alkyl halides is 3. The van der Waals surface area contributed by atoms with E-state index in [-0.39, 0.29) is 36.1 Å². The minimum absolute atomic E-state index is 0.00873. The smallest absolute Gasteiger partial charge is 0.419 e. The van der Waals surface area contributed by atoms with Gasteiger partial charge in [0.1, 0.15) is 5.82 Å². The van der Waals surface area contributed by atoms with Gasteiger partial charge in [0.15, 0.2) is 11.6 Å². The van der Waals surface area contributed by atoms with E-state index in [4.69, 9.17) is 9.84 Å². The third kappa shape index (κ3) is 6.92. The predicted octanol–water partition coefficient (Wildman–Crippen LogP) is 4.17. The summed E-state index contributed by atoms with van der Waals surface area (Å²) in [5.41, 5.74) is -1.81. The van der Waals surface area contributed by atoms with Crippen LogP contribution in [-0.4, -0.2) is 42.1 Å². The van der Waals surface area contributed by atoms with Gasteiger partial charge in [0, 0.05) is 24.2 Å². The Hall–Kier alpha value is -3.70. The van der Waals surface area contributed by atoms with E-state index in [1.54, 1.807) is 0 Å². The molecule has 0 spiro atoms. The third-order valence-electron chi connectivity index (χ3n) is 5.74. The van der Waals surface area contributed by atoms with Gasteiger partial charge in [-0.15, -0.1) is 0 Å². The van der Waals surface area contributed by atoms with Crippen molar-refractivity contribution >= 4 is 17.8 Å². The number of hydrogen-bond donors (Lipinski definition) is 3. The molecule has 0 aliphatic heterocycles. The Kier molecular flexibility index (Phi) is 8.49. The summed E-state index contributed by atoms with van der Waals surface area (Å²) in [5.74, 6) is -5.16. The van der Waals surface area contributed by atoms with Gasteiger partial charge in [-0.05, 0) is 62.1 Å². The van der Waals surface area contributed by atoms with Crippen molar-refractivity contribution in [1.29, 1.82) is 0 Å². The largest absolute Gasteiger partial charge is 0.487 e. The average Bonchev–Trinajstić information content (AvgIpc) is 2.82. The normalized spacial score (nSPS) is 17.8. The van der Waals surface area contributed by atoms with Crippen LogP contribution in [0.15, 0.2) is 36.4 Å². The second-order valence-corrected chi connectivity index (χ2v) is 8.28. The highest BCUT2D eigenvalue weighted by molar-refractivity contribution is 5.95. The summed E-state index contributed by atoms with van der Waals surface area (Å²) in [5, 5.41) is 13.8. The molecular formula is C24H23F5N2O5. The maximum Gasteiger partial charge on any atom is 0.419 e. The molecule has 2 aromatic carbocycles. The number of amides is 2. The quantitative estimate of drug-likeness (QED) is 0.363. The lowest BCUT2D eigenvalue weighted by molar-refractivity contribution is -0.143. The molecule has 0 radical (unpaired) electrons. The minimum Gasteiger partial charge on any atom is -0.487 e. The van der Waals surface area contributed by atoms with Gasteiger partial charge in [0.05, 0.1) is 17.6 Å². The molecule has 3 rings (SSSR count). The van der Waals surface area contributed by atoms with Crippen molar-refractivity contribution in [2.45, 2.75) is 38.0 Å². The van der Waals surface area contributed by atoms with Crippen LogP contribution in [0.4, 0.5) is 22.0 Å². The fraction of sp³-hybridized carbons (Fsp3) is 0.375. The molecule has 1 aliphatic carbocycles. The first kappa shape index (κ1) is 26.9. The van der Waals surface area contributed by atoms with Crippen molar-refractivity contribution in [1.82, 2.24) is 10.6 Å². The van der Waals surface area contributed by atoms with E-state index in [0.717, 1.165) is 12.1 Å². The lowest BCUT2D eigenvalue weighted by atomic mass is 9.87. The van der Waals surface area contributed by atoms with Gasteiger partial charge < -0.3 is 20.5 Å². The number of carbonyl (C=O) groups is 3. The Morgan fingerprint density at radius 3 is 1.86 bits per heavy atom. The molecule has 0 aromatic heterocycles. The Bertz CT molecular complexity index is 1130. The zero-order valence-electron chi connectivity index (χ0n) is 18.8. The summed E-state index contributed by atoms with van der Waals surface area (Å²) in [6.07, 6.45) is -3.38. The van der Waals surface area contributed by atoms with Crippen LogP contribution in [0, 0.1) is 17.6 Å². The van der Waals surface area contributed by atoms with Gasteiger partial charge in [-0.25, -0.2) is 8.78 Å². The number of carboxylic acid groups (broad SMARTS) is 1. The lowest BCUT2D eigenvalue weighted by Gasteiger charge is -2.27. The predicted molar refractivity (Wildman–Crippen MR) is 116 cm³/mol. The molecule has 12 heteroatoms. The summed E-state index contributed by atoms with van der Waals surface area (Å²) in [4.78, 5) is 35.3. The molecule has 0 heterocycles. The summed E-state index contributed by atoms with van der Waals surface area (Å²) in [7, 11) is 0. The second kappa shape index (κ2) is 11.4. The molecule has 0 unspecified atom stereocenters. The molecule has 2 aromatic rings. The summed E-state index contributed by atoms with van der Waals surface area (Å²) >= 11 is 0. The number of carboxylic acids is 1. The van der Waals surface area contributed by atoms with Crippen LogP contribution < -0.4 is 15.4 Å². The van der Waals surface area contributed by atoms with Crippen molar-refractivity contribution < 1.29 is 46.2 Å². The van der Waals surface area contributed by atoms with Crippen LogP contribution in [-0.2, 0) is 11.0 Å². The van der Waals surface area contributed by atoms with Gasteiger partial charge >= 0.3 is 12.1 Å². The molecular weight excluding hydrogens is 491 g/mol. The maximum atomic E-state index is 14.4. The van der Waals surface area contributed by atoms with Gasteiger partial charge in [-0.3, -0.25) is 14.4 Å². The zero-order valence-corrected chi connectivity index (χ0v) is 18.8. The highest BCUT2D eigenvalue weighted by Gasteiger charge is 2.34. The molecule has 1 aliphatic rings. The molecule has 1 fully saturated rings. The highest BCUT2D eigenvalue weighted by Crippen LogP contribution is 2.32. The van der Waals surface area contributed by atoms with Crippen LogP contribution >= 0.6 is 0 Å². The first-order valence-corrected chi connectivity index (χ1v) is 11.1. The molecule has 0 atom stereocenters. The SMILES string of the molecule is O=C(NCCNC(=O)c1ccc(C(F)(F)F)c(F)c1)c1ccc(OC2CCC(C(=O)O)CC2)c(F)c1. The molecule has 36 heavy (non-hydrogen) atoms. The molecule has 7 nitrogen and oxygen atoms in total. The average molecular weight is 514 g/mol. The summed E-state index contributed by atoms with van der Waals surface area (Å²) in [6.45, 7) is -0.198. The van der Waals surface area contributed by atoms with E-state index < -0.39 is 47.1 Å². The van der Waals surface area contributed by atoms with Crippen LogP contribution in [0.25, 0.3) is 0 Å². The maximum absolute atomic E-state index is 14.4. The van der Waals surface area contributed by atoms with Crippen molar-refractivity contribution in [3.8, 4) is 5.75 Å². The van der Waals surface area contributed by atoms with Crippen LogP contribution in [0.2, 0.25) is 0 Å². The fourth-order valence-corrected chi connectivity index (χ4v) is 3.79. The Morgan fingerprint density at radius 1 is 0.861 bits per heavy atom. The minimum atomic E-state index is -4.88. The number of halogens is 5.